The van der Waals surface area contributed by atoms with E-state index >= 15 is 0 Å². The standard InChI is InChI=1S/C15H23NO2S/c1-13(10-14-6-3-2-4-7-14)11-16-12-15-8-5-9-19(15,17)18/h2-4,6-7,13,15-16H,5,8-12H2,1H3/t13-,15-/m1/s1. The lowest BCUT2D eigenvalue weighted by atomic mass is 10.0. The number of hydrogen-bond acceptors (Lipinski definition) is 3. The van der Waals surface area contributed by atoms with Gasteiger partial charge in [-0.1, -0.05) is 37.3 Å². The van der Waals surface area contributed by atoms with Crippen LogP contribution in [0.2, 0.25) is 0 Å². The van der Waals surface area contributed by atoms with Gasteiger partial charge in [0.15, 0.2) is 9.84 Å². The SMILES string of the molecule is C[C@@H](CNC[C@H]1CCCS1(=O)=O)Cc1ccccc1. The van der Waals surface area contributed by atoms with E-state index in [-0.39, 0.29) is 5.25 Å². The van der Waals surface area contributed by atoms with Crippen LogP contribution in [0.15, 0.2) is 30.3 Å². The van der Waals surface area contributed by atoms with Gasteiger partial charge in [0.1, 0.15) is 0 Å². The molecule has 1 aromatic carbocycles. The molecule has 0 spiro atoms. The van der Waals surface area contributed by atoms with Crippen LogP contribution in [-0.2, 0) is 16.3 Å². The van der Waals surface area contributed by atoms with Gasteiger partial charge in [-0.3, -0.25) is 0 Å². The fourth-order valence-electron chi connectivity index (χ4n) is 2.67. The molecule has 1 saturated heterocycles. The van der Waals surface area contributed by atoms with Gasteiger partial charge in [0, 0.05) is 6.54 Å². The zero-order valence-electron chi connectivity index (χ0n) is 11.5. The predicted molar refractivity (Wildman–Crippen MR) is 79.0 cm³/mol. The third kappa shape index (κ3) is 4.32. The summed E-state index contributed by atoms with van der Waals surface area (Å²) in [6.07, 6.45) is 2.68. The summed E-state index contributed by atoms with van der Waals surface area (Å²) in [6, 6.07) is 10.4. The summed E-state index contributed by atoms with van der Waals surface area (Å²) in [4.78, 5) is 0. The number of nitrogens with one attached hydrogen (secondary N) is 1. The molecule has 1 aliphatic rings. The van der Waals surface area contributed by atoms with Crippen molar-refractivity contribution in [3.05, 3.63) is 35.9 Å². The Hall–Kier alpha value is -0.870. The van der Waals surface area contributed by atoms with Crippen molar-refractivity contribution in [1.82, 2.24) is 5.32 Å². The second-order valence-electron chi connectivity index (χ2n) is 5.58. The third-order valence-electron chi connectivity index (χ3n) is 3.75. The van der Waals surface area contributed by atoms with E-state index in [9.17, 15) is 8.42 Å². The summed E-state index contributed by atoms with van der Waals surface area (Å²) in [5.41, 5.74) is 1.34. The molecule has 1 fully saturated rings. The first kappa shape index (κ1) is 14.5. The van der Waals surface area contributed by atoms with E-state index in [1.807, 2.05) is 6.07 Å². The molecule has 0 bridgehead atoms. The Balaban J connectivity index is 1.71. The Morgan fingerprint density at radius 1 is 1.32 bits per heavy atom. The van der Waals surface area contributed by atoms with E-state index in [2.05, 4.69) is 36.5 Å². The first-order valence-electron chi connectivity index (χ1n) is 7.04. The molecule has 1 aliphatic heterocycles. The molecule has 0 saturated carbocycles. The summed E-state index contributed by atoms with van der Waals surface area (Å²) >= 11 is 0. The molecule has 1 aromatic rings. The lowest BCUT2D eigenvalue weighted by Gasteiger charge is -2.15. The highest BCUT2D eigenvalue weighted by molar-refractivity contribution is 7.92. The number of sulfone groups is 1. The quantitative estimate of drug-likeness (QED) is 0.868. The smallest absolute Gasteiger partial charge is 0.154 e. The van der Waals surface area contributed by atoms with E-state index in [4.69, 9.17) is 0 Å². The Labute approximate surface area is 116 Å². The predicted octanol–water partition coefficient (Wildman–Crippen LogP) is 2.03. The van der Waals surface area contributed by atoms with Gasteiger partial charge in [-0.2, -0.15) is 0 Å². The number of rotatable bonds is 6. The van der Waals surface area contributed by atoms with E-state index < -0.39 is 9.84 Å². The van der Waals surface area contributed by atoms with Gasteiger partial charge in [0.25, 0.3) is 0 Å². The molecule has 1 N–H and O–H groups in total. The molecule has 19 heavy (non-hydrogen) atoms. The minimum atomic E-state index is -2.81. The fourth-order valence-corrected chi connectivity index (χ4v) is 4.47. The highest BCUT2D eigenvalue weighted by atomic mass is 32.2. The van der Waals surface area contributed by atoms with Crippen molar-refractivity contribution in [2.45, 2.75) is 31.4 Å². The van der Waals surface area contributed by atoms with Crippen LogP contribution in [-0.4, -0.2) is 32.5 Å². The summed E-state index contributed by atoms with van der Waals surface area (Å²) in [5.74, 6) is 0.894. The normalized spacial score (nSPS) is 23.3. The zero-order valence-corrected chi connectivity index (χ0v) is 12.3. The lowest BCUT2D eigenvalue weighted by molar-refractivity contribution is 0.500. The Morgan fingerprint density at radius 2 is 2.05 bits per heavy atom. The van der Waals surface area contributed by atoms with Crippen LogP contribution in [0.25, 0.3) is 0 Å². The van der Waals surface area contributed by atoms with E-state index in [1.165, 1.54) is 5.56 Å². The third-order valence-corrected chi connectivity index (χ3v) is 6.03. The monoisotopic (exact) mass is 281 g/mol. The van der Waals surface area contributed by atoms with Gasteiger partial charge in [0.2, 0.25) is 0 Å². The average Bonchev–Trinajstić information content (AvgIpc) is 2.70. The average molecular weight is 281 g/mol. The van der Waals surface area contributed by atoms with Gasteiger partial charge in [-0.25, -0.2) is 8.42 Å². The molecule has 106 valence electrons. The maximum Gasteiger partial charge on any atom is 0.154 e. The minimum Gasteiger partial charge on any atom is -0.315 e. The van der Waals surface area contributed by atoms with Crippen molar-refractivity contribution in [1.29, 1.82) is 0 Å². The number of benzene rings is 1. The van der Waals surface area contributed by atoms with Crippen LogP contribution in [0.5, 0.6) is 0 Å². The molecule has 4 heteroatoms. The molecule has 0 amide bonds. The van der Waals surface area contributed by atoms with Crippen molar-refractivity contribution in [3.63, 3.8) is 0 Å². The van der Waals surface area contributed by atoms with Crippen molar-refractivity contribution in [3.8, 4) is 0 Å². The van der Waals surface area contributed by atoms with Crippen LogP contribution >= 0.6 is 0 Å². The highest BCUT2D eigenvalue weighted by Crippen LogP contribution is 2.19. The molecule has 3 nitrogen and oxygen atoms in total. The van der Waals surface area contributed by atoms with Crippen LogP contribution < -0.4 is 5.32 Å². The van der Waals surface area contributed by atoms with Gasteiger partial charge >= 0.3 is 0 Å². The van der Waals surface area contributed by atoms with Gasteiger partial charge in [-0.15, -0.1) is 0 Å². The summed E-state index contributed by atoms with van der Waals surface area (Å²) in [7, 11) is -2.81. The van der Waals surface area contributed by atoms with Crippen LogP contribution in [0, 0.1) is 5.92 Å². The Kier molecular flexibility index (Phi) is 4.99. The molecule has 1 heterocycles. The maximum atomic E-state index is 11.7. The molecular weight excluding hydrogens is 258 g/mol. The Morgan fingerprint density at radius 3 is 2.68 bits per heavy atom. The fraction of sp³-hybridized carbons (Fsp3) is 0.600. The summed E-state index contributed by atoms with van der Waals surface area (Å²) in [5, 5.41) is 3.17. The topological polar surface area (TPSA) is 46.2 Å². The second kappa shape index (κ2) is 6.53. The van der Waals surface area contributed by atoms with Crippen LogP contribution in [0.3, 0.4) is 0 Å². The molecule has 2 rings (SSSR count). The molecule has 0 aromatic heterocycles. The van der Waals surface area contributed by atoms with Crippen LogP contribution in [0.1, 0.15) is 25.3 Å². The molecule has 2 atom stereocenters. The second-order valence-corrected chi connectivity index (χ2v) is 7.99. The summed E-state index contributed by atoms with van der Waals surface area (Å²) < 4.78 is 23.4. The van der Waals surface area contributed by atoms with Crippen molar-refractivity contribution >= 4 is 9.84 Å². The van der Waals surface area contributed by atoms with Crippen LogP contribution in [0.4, 0.5) is 0 Å². The summed E-state index contributed by atoms with van der Waals surface area (Å²) in [6.45, 7) is 3.69. The Bertz CT molecular complexity index is 484. The van der Waals surface area contributed by atoms with Gasteiger partial charge in [0.05, 0.1) is 11.0 Å². The molecule has 0 radical (unpaired) electrons. The first-order chi connectivity index (χ1) is 9.08. The minimum absolute atomic E-state index is 0.156. The van der Waals surface area contributed by atoms with Crippen molar-refractivity contribution < 1.29 is 8.42 Å². The van der Waals surface area contributed by atoms with E-state index in [0.29, 0.717) is 18.2 Å². The van der Waals surface area contributed by atoms with Crippen molar-refractivity contribution in [2.24, 2.45) is 5.92 Å². The molecular formula is C15H23NO2S. The molecule has 0 unspecified atom stereocenters. The maximum absolute atomic E-state index is 11.7. The molecule has 0 aliphatic carbocycles. The zero-order chi connectivity index (χ0) is 13.7. The van der Waals surface area contributed by atoms with E-state index in [1.54, 1.807) is 0 Å². The lowest BCUT2D eigenvalue weighted by Crippen LogP contribution is -2.33. The first-order valence-corrected chi connectivity index (χ1v) is 8.75. The van der Waals surface area contributed by atoms with Gasteiger partial charge < -0.3 is 5.32 Å². The number of hydrogen-bond donors (Lipinski definition) is 1. The van der Waals surface area contributed by atoms with Crippen molar-refractivity contribution in [2.75, 3.05) is 18.8 Å². The van der Waals surface area contributed by atoms with E-state index in [0.717, 1.165) is 25.8 Å². The highest BCUT2D eigenvalue weighted by Gasteiger charge is 2.30. The van der Waals surface area contributed by atoms with Gasteiger partial charge in [-0.05, 0) is 37.3 Å². The largest absolute Gasteiger partial charge is 0.315 e.